The molecule has 2 aromatic carbocycles. The maximum atomic E-state index is 13.2. The van der Waals surface area contributed by atoms with Gasteiger partial charge in [0, 0.05) is 25.9 Å². The Kier molecular flexibility index (Phi) is 5.52. The number of benzene rings is 2. The number of amides is 1. The van der Waals surface area contributed by atoms with E-state index in [1.807, 2.05) is 49.4 Å². The van der Waals surface area contributed by atoms with E-state index in [2.05, 4.69) is 0 Å². The summed E-state index contributed by atoms with van der Waals surface area (Å²) in [6.45, 7) is 4.62. The van der Waals surface area contributed by atoms with Gasteiger partial charge in [-0.2, -0.15) is 0 Å². The van der Waals surface area contributed by atoms with E-state index in [9.17, 15) is 14.7 Å². The summed E-state index contributed by atoms with van der Waals surface area (Å²) in [6.07, 6.45) is -0.297. The molecular formula is C24H27NO5. The fourth-order valence-electron chi connectivity index (χ4n) is 4.56. The number of ether oxygens (including phenoxy) is 2. The standard InChI is InChI=1S/C24H27NO5/c1-16-8-9-19-20(14-16)30-24(21(17(2)26)22(19)27)10-12-25(13-11-24)23(28)29-15-18-6-4-3-5-7-18/h3-9,14,17,21,26H,10-13,15H2,1-2H3. The van der Waals surface area contributed by atoms with Crippen LogP contribution >= 0.6 is 0 Å². The fourth-order valence-corrected chi connectivity index (χ4v) is 4.56. The van der Waals surface area contributed by atoms with E-state index in [1.165, 1.54) is 0 Å². The molecule has 2 unspecified atom stereocenters. The Morgan fingerprint density at radius 3 is 2.60 bits per heavy atom. The van der Waals surface area contributed by atoms with E-state index in [1.54, 1.807) is 17.9 Å². The molecule has 0 aliphatic carbocycles. The van der Waals surface area contributed by atoms with Gasteiger partial charge in [0.2, 0.25) is 0 Å². The van der Waals surface area contributed by atoms with Gasteiger partial charge in [-0.25, -0.2) is 4.79 Å². The van der Waals surface area contributed by atoms with Gasteiger partial charge in [0.1, 0.15) is 18.0 Å². The Morgan fingerprint density at radius 1 is 1.23 bits per heavy atom. The lowest BCUT2D eigenvalue weighted by atomic mass is 9.71. The van der Waals surface area contributed by atoms with E-state index in [4.69, 9.17) is 9.47 Å². The quantitative estimate of drug-likeness (QED) is 0.836. The average Bonchev–Trinajstić information content (AvgIpc) is 2.72. The first kappa shape index (κ1) is 20.4. The molecule has 0 saturated carbocycles. The molecule has 2 aliphatic rings. The summed E-state index contributed by atoms with van der Waals surface area (Å²) in [5.41, 5.74) is 1.64. The number of likely N-dealkylation sites (tertiary alicyclic amines) is 1. The van der Waals surface area contributed by atoms with Gasteiger partial charge in [-0.15, -0.1) is 0 Å². The largest absolute Gasteiger partial charge is 0.485 e. The van der Waals surface area contributed by atoms with Gasteiger partial charge >= 0.3 is 6.09 Å². The lowest BCUT2D eigenvalue weighted by Crippen LogP contribution is -2.60. The number of fused-ring (bicyclic) bond motifs is 1. The normalized spacial score (nSPS) is 21.0. The molecule has 1 saturated heterocycles. The summed E-state index contributed by atoms with van der Waals surface area (Å²) in [6, 6.07) is 15.1. The third-order valence-corrected chi connectivity index (χ3v) is 6.12. The highest BCUT2D eigenvalue weighted by atomic mass is 16.6. The number of piperidine rings is 1. The predicted octanol–water partition coefficient (Wildman–Crippen LogP) is 3.74. The topological polar surface area (TPSA) is 76.1 Å². The number of aliphatic hydroxyl groups excluding tert-OH is 1. The molecule has 1 N–H and O–H groups in total. The number of nitrogens with zero attached hydrogens (tertiary/aromatic N) is 1. The van der Waals surface area contributed by atoms with Gasteiger partial charge in [0.25, 0.3) is 0 Å². The molecule has 2 aromatic rings. The van der Waals surface area contributed by atoms with E-state index in [0.717, 1.165) is 11.1 Å². The average molecular weight is 409 g/mol. The van der Waals surface area contributed by atoms with Crippen molar-refractivity contribution in [1.29, 1.82) is 0 Å². The highest BCUT2D eigenvalue weighted by Crippen LogP contribution is 2.44. The van der Waals surface area contributed by atoms with E-state index < -0.39 is 17.6 Å². The van der Waals surface area contributed by atoms with Crippen molar-refractivity contribution in [2.24, 2.45) is 5.92 Å². The molecule has 158 valence electrons. The number of hydrogen-bond donors (Lipinski definition) is 1. The molecule has 2 aliphatic heterocycles. The maximum absolute atomic E-state index is 13.2. The van der Waals surface area contributed by atoms with Crippen LogP contribution in [-0.4, -0.2) is 46.7 Å². The van der Waals surface area contributed by atoms with Crippen LogP contribution in [0.4, 0.5) is 4.79 Å². The van der Waals surface area contributed by atoms with Crippen LogP contribution < -0.4 is 4.74 Å². The van der Waals surface area contributed by atoms with Crippen LogP contribution in [0.25, 0.3) is 0 Å². The Morgan fingerprint density at radius 2 is 1.93 bits per heavy atom. The first-order valence-corrected chi connectivity index (χ1v) is 10.4. The van der Waals surface area contributed by atoms with Crippen LogP contribution in [0.15, 0.2) is 48.5 Å². The van der Waals surface area contributed by atoms with Gasteiger partial charge in [-0.1, -0.05) is 36.4 Å². The number of aliphatic hydroxyl groups is 1. The van der Waals surface area contributed by atoms with Crippen molar-refractivity contribution in [3.8, 4) is 5.75 Å². The molecule has 0 aromatic heterocycles. The summed E-state index contributed by atoms with van der Waals surface area (Å²) < 4.78 is 11.8. The van der Waals surface area contributed by atoms with Crippen LogP contribution in [-0.2, 0) is 11.3 Å². The molecule has 30 heavy (non-hydrogen) atoms. The molecule has 6 nitrogen and oxygen atoms in total. The van der Waals surface area contributed by atoms with Gasteiger partial charge in [-0.3, -0.25) is 4.79 Å². The second-order valence-electron chi connectivity index (χ2n) is 8.28. The summed E-state index contributed by atoms with van der Waals surface area (Å²) in [5, 5.41) is 10.4. The van der Waals surface area contributed by atoms with Crippen molar-refractivity contribution in [3.05, 3.63) is 65.2 Å². The molecule has 2 atom stereocenters. The minimum atomic E-state index is -0.844. The second-order valence-corrected chi connectivity index (χ2v) is 8.28. The van der Waals surface area contributed by atoms with Crippen molar-refractivity contribution >= 4 is 11.9 Å². The first-order chi connectivity index (χ1) is 14.4. The molecule has 0 radical (unpaired) electrons. The molecule has 0 bridgehead atoms. The monoisotopic (exact) mass is 409 g/mol. The Balaban J connectivity index is 1.47. The zero-order chi connectivity index (χ0) is 21.3. The predicted molar refractivity (Wildman–Crippen MR) is 111 cm³/mol. The lowest BCUT2D eigenvalue weighted by Gasteiger charge is -2.49. The Hall–Kier alpha value is -2.86. The van der Waals surface area contributed by atoms with Crippen LogP contribution in [0.2, 0.25) is 0 Å². The van der Waals surface area contributed by atoms with Crippen molar-refractivity contribution in [2.75, 3.05) is 13.1 Å². The smallest absolute Gasteiger partial charge is 0.410 e. The number of ketones is 1. The van der Waals surface area contributed by atoms with Crippen LogP contribution in [0.3, 0.4) is 0 Å². The van der Waals surface area contributed by atoms with Crippen LogP contribution in [0, 0.1) is 12.8 Å². The second kappa shape index (κ2) is 8.11. The van der Waals surface area contributed by atoms with Gasteiger partial charge < -0.3 is 19.5 Å². The van der Waals surface area contributed by atoms with Crippen molar-refractivity contribution in [1.82, 2.24) is 4.90 Å². The van der Waals surface area contributed by atoms with Gasteiger partial charge in [0.05, 0.1) is 17.6 Å². The number of carbonyl (C=O) groups excluding carboxylic acids is 2. The third kappa shape index (κ3) is 3.79. The van der Waals surface area contributed by atoms with Crippen LogP contribution in [0.5, 0.6) is 5.75 Å². The maximum Gasteiger partial charge on any atom is 0.410 e. The zero-order valence-electron chi connectivity index (χ0n) is 17.3. The molecule has 1 fully saturated rings. The lowest BCUT2D eigenvalue weighted by molar-refractivity contribution is -0.0735. The highest BCUT2D eigenvalue weighted by molar-refractivity contribution is 6.02. The molecule has 1 spiro atoms. The van der Waals surface area contributed by atoms with Crippen molar-refractivity contribution in [2.45, 2.75) is 45.0 Å². The Labute approximate surface area is 176 Å². The number of Topliss-reactive ketones (excluding diaryl/α,β-unsaturated/α-hetero) is 1. The molecule has 6 heteroatoms. The number of carbonyl (C=O) groups is 2. The number of rotatable bonds is 3. The minimum absolute atomic E-state index is 0.0913. The van der Waals surface area contributed by atoms with Gasteiger partial charge in [-0.05, 0) is 37.1 Å². The first-order valence-electron chi connectivity index (χ1n) is 10.4. The molecule has 2 heterocycles. The van der Waals surface area contributed by atoms with Gasteiger partial charge in [0.15, 0.2) is 5.78 Å². The van der Waals surface area contributed by atoms with E-state index >= 15 is 0 Å². The minimum Gasteiger partial charge on any atom is -0.485 e. The Bertz CT molecular complexity index is 932. The summed E-state index contributed by atoms with van der Waals surface area (Å²) in [4.78, 5) is 27.3. The van der Waals surface area contributed by atoms with Crippen LogP contribution in [0.1, 0.15) is 41.3 Å². The SMILES string of the molecule is Cc1ccc2c(c1)OC1(CCN(C(=O)OCc3ccccc3)CC1)C(C(C)O)C2=O. The number of hydrogen-bond acceptors (Lipinski definition) is 5. The molecule has 4 rings (SSSR count). The molecule has 1 amide bonds. The number of aryl methyl sites for hydroxylation is 1. The van der Waals surface area contributed by atoms with E-state index in [-0.39, 0.29) is 18.5 Å². The summed E-state index contributed by atoms with van der Waals surface area (Å²) >= 11 is 0. The van der Waals surface area contributed by atoms with Crippen molar-refractivity contribution in [3.63, 3.8) is 0 Å². The third-order valence-electron chi connectivity index (χ3n) is 6.12. The summed E-state index contributed by atoms with van der Waals surface area (Å²) in [5.74, 6) is -0.182. The zero-order valence-corrected chi connectivity index (χ0v) is 17.3. The van der Waals surface area contributed by atoms with E-state index in [0.29, 0.717) is 37.2 Å². The van der Waals surface area contributed by atoms with Crippen molar-refractivity contribution < 1.29 is 24.2 Å². The highest BCUT2D eigenvalue weighted by Gasteiger charge is 2.53. The molecular weight excluding hydrogens is 382 g/mol. The fraction of sp³-hybridized carbons (Fsp3) is 0.417. The summed E-state index contributed by atoms with van der Waals surface area (Å²) in [7, 11) is 0.